The molecule has 1 N–H and O–H groups in total. The fraction of sp³-hybridized carbons (Fsp3) is 0.500. The van der Waals surface area contributed by atoms with Crippen LogP contribution >= 0.6 is 15.9 Å². The molecular weight excluding hydrogens is 254 g/mol. The average Bonchev–Trinajstić information content (AvgIpc) is 2.75. The van der Waals surface area contributed by atoms with E-state index in [1.54, 1.807) is 7.11 Å². The molecule has 0 bridgehead atoms. The molecule has 0 radical (unpaired) electrons. The SMILES string of the molecule is COc1cc(C2CCNC2)cc(C)c1Br. The van der Waals surface area contributed by atoms with Crippen LogP contribution in [0.25, 0.3) is 0 Å². The van der Waals surface area contributed by atoms with Crippen LogP contribution in [-0.2, 0) is 0 Å². The van der Waals surface area contributed by atoms with Crippen molar-refractivity contribution in [1.29, 1.82) is 0 Å². The van der Waals surface area contributed by atoms with E-state index < -0.39 is 0 Å². The standard InChI is InChI=1S/C12H16BrNO/c1-8-5-10(9-3-4-14-7-9)6-11(15-2)12(8)13/h5-6,9,14H,3-4,7H2,1-2H3. The van der Waals surface area contributed by atoms with Gasteiger partial charge in [-0.1, -0.05) is 6.07 Å². The number of nitrogens with one attached hydrogen (secondary N) is 1. The first-order valence-corrected chi connectivity index (χ1v) is 6.06. The van der Waals surface area contributed by atoms with Crippen LogP contribution in [0, 0.1) is 6.92 Å². The molecule has 3 heteroatoms. The van der Waals surface area contributed by atoms with E-state index in [0.29, 0.717) is 5.92 Å². The van der Waals surface area contributed by atoms with Gasteiger partial charge in [-0.15, -0.1) is 0 Å². The number of ether oxygens (including phenoxy) is 1. The summed E-state index contributed by atoms with van der Waals surface area (Å²) in [6, 6.07) is 4.40. The van der Waals surface area contributed by atoms with Crippen molar-refractivity contribution in [3.8, 4) is 5.75 Å². The maximum Gasteiger partial charge on any atom is 0.133 e. The zero-order valence-electron chi connectivity index (χ0n) is 9.14. The maximum atomic E-state index is 5.36. The molecule has 1 unspecified atom stereocenters. The molecule has 1 aromatic rings. The Balaban J connectivity index is 2.35. The molecule has 0 amide bonds. The quantitative estimate of drug-likeness (QED) is 0.892. The Morgan fingerprint density at radius 2 is 2.27 bits per heavy atom. The molecule has 1 atom stereocenters. The molecule has 2 nitrogen and oxygen atoms in total. The fourth-order valence-corrected chi connectivity index (χ4v) is 2.48. The number of rotatable bonds is 2. The minimum absolute atomic E-state index is 0.644. The first kappa shape index (κ1) is 11.0. The van der Waals surface area contributed by atoms with E-state index in [1.807, 2.05) is 0 Å². The summed E-state index contributed by atoms with van der Waals surface area (Å²) in [5.74, 6) is 1.59. The van der Waals surface area contributed by atoms with Crippen LogP contribution in [0.2, 0.25) is 0 Å². The lowest BCUT2D eigenvalue weighted by Crippen LogP contribution is -2.08. The van der Waals surface area contributed by atoms with Gasteiger partial charge in [-0.2, -0.15) is 0 Å². The van der Waals surface area contributed by atoms with Gasteiger partial charge in [0.15, 0.2) is 0 Å². The number of hydrogen-bond donors (Lipinski definition) is 1. The first-order valence-electron chi connectivity index (χ1n) is 5.27. The van der Waals surface area contributed by atoms with E-state index in [9.17, 15) is 0 Å². The Bertz CT molecular complexity index is 359. The van der Waals surface area contributed by atoms with Crippen molar-refractivity contribution < 1.29 is 4.74 Å². The zero-order valence-corrected chi connectivity index (χ0v) is 10.7. The van der Waals surface area contributed by atoms with Crippen molar-refractivity contribution in [2.75, 3.05) is 20.2 Å². The largest absolute Gasteiger partial charge is 0.496 e. The Kier molecular flexibility index (Phi) is 3.32. The van der Waals surface area contributed by atoms with Crippen molar-refractivity contribution in [3.05, 3.63) is 27.7 Å². The predicted octanol–water partition coefficient (Wildman–Crippen LogP) is 2.84. The number of halogens is 1. The van der Waals surface area contributed by atoms with Crippen LogP contribution in [0.3, 0.4) is 0 Å². The monoisotopic (exact) mass is 269 g/mol. The highest BCUT2D eigenvalue weighted by atomic mass is 79.9. The smallest absolute Gasteiger partial charge is 0.133 e. The lowest BCUT2D eigenvalue weighted by Gasteiger charge is -2.13. The van der Waals surface area contributed by atoms with Crippen molar-refractivity contribution in [3.63, 3.8) is 0 Å². The topological polar surface area (TPSA) is 21.3 Å². The molecule has 1 aliphatic rings. The minimum atomic E-state index is 0.644. The predicted molar refractivity (Wildman–Crippen MR) is 65.7 cm³/mol. The van der Waals surface area contributed by atoms with Crippen LogP contribution in [0.4, 0.5) is 0 Å². The van der Waals surface area contributed by atoms with Crippen LogP contribution < -0.4 is 10.1 Å². The molecule has 2 rings (SSSR count). The molecule has 1 fully saturated rings. The van der Waals surface area contributed by atoms with Gasteiger partial charge in [-0.3, -0.25) is 0 Å². The second-order valence-corrected chi connectivity index (χ2v) is 4.84. The summed E-state index contributed by atoms with van der Waals surface area (Å²) < 4.78 is 6.43. The van der Waals surface area contributed by atoms with Crippen LogP contribution in [0.15, 0.2) is 16.6 Å². The van der Waals surface area contributed by atoms with Gasteiger partial charge in [0.25, 0.3) is 0 Å². The molecule has 82 valence electrons. The second-order valence-electron chi connectivity index (χ2n) is 4.04. The molecule has 1 aromatic carbocycles. The Hall–Kier alpha value is -0.540. The van der Waals surface area contributed by atoms with E-state index in [1.165, 1.54) is 17.5 Å². The summed E-state index contributed by atoms with van der Waals surface area (Å²) in [7, 11) is 1.72. The third kappa shape index (κ3) is 2.18. The summed E-state index contributed by atoms with van der Waals surface area (Å²) >= 11 is 3.54. The van der Waals surface area contributed by atoms with E-state index in [4.69, 9.17) is 4.74 Å². The van der Waals surface area contributed by atoms with Crippen molar-refractivity contribution >= 4 is 15.9 Å². The third-order valence-electron chi connectivity index (χ3n) is 3.00. The molecule has 0 spiro atoms. The summed E-state index contributed by atoms with van der Waals surface area (Å²) in [6.07, 6.45) is 1.23. The van der Waals surface area contributed by atoms with E-state index in [2.05, 4.69) is 40.3 Å². The van der Waals surface area contributed by atoms with Crippen LogP contribution in [-0.4, -0.2) is 20.2 Å². The average molecular weight is 270 g/mol. The number of benzene rings is 1. The first-order chi connectivity index (χ1) is 7.22. The molecule has 0 saturated carbocycles. The van der Waals surface area contributed by atoms with Crippen LogP contribution in [0.1, 0.15) is 23.5 Å². The normalized spacial score (nSPS) is 20.6. The van der Waals surface area contributed by atoms with Gasteiger partial charge in [0.1, 0.15) is 5.75 Å². The fourth-order valence-electron chi connectivity index (χ4n) is 2.09. The Morgan fingerprint density at radius 3 is 2.87 bits per heavy atom. The van der Waals surface area contributed by atoms with E-state index in [-0.39, 0.29) is 0 Å². The van der Waals surface area contributed by atoms with Gasteiger partial charge in [-0.25, -0.2) is 0 Å². The molecule has 15 heavy (non-hydrogen) atoms. The highest BCUT2D eigenvalue weighted by Crippen LogP contribution is 2.33. The number of aryl methyl sites for hydroxylation is 1. The second kappa shape index (κ2) is 4.54. The third-order valence-corrected chi connectivity index (χ3v) is 4.01. The van der Waals surface area contributed by atoms with Gasteiger partial charge in [0, 0.05) is 6.54 Å². The molecule has 0 aliphatic carbocycles. The lowest BCUT2D eigenvalue weighted by molar-refractivity contribution is 0.411. The highest BCUT2D eigenvalue weighted by molar-refractivity contribution is 9.10. The van der Waals surface area contributed by atoms with Crippen LogP contribution in [0.5, 0.6) is 5.75 Å². The molecule has 1 saturated heterocycles. The number of hydrogen-bond acceptors (Lipinski definition) is 2. The molecule has 0 aromatic heterocycles. The maximum absolute atomic E-state index is 5.36. The van der Waals surface area contributed by atoms with E-state index >= 15 is 0 Å². The summed E-state index contributed by atoms with van der Waals surface area (Å²) in [5.41, 5.74) is 2.63. The Morgan fingerprint density at radius 1 is 1.47 bits per heavy atom. The van der Waals surface area contributed by atoms with Crippen molar-refractivity contribution in [1.82, 2.24) is 5.32 Å². The lowest BCUT2D eigenvalue weighted by atomic mass is 9.96. The van der Waals surface area contributed by atoms with Crippen molar-refractivity contribution in [2.24, 2.45) is 0 Å². The van der Waals surface area contributed by atoms with Gasteiger partial charge in [0.05, 0.1) is 11.6 Å². The summed E-state index contributed by atoms with van der Waals surface area (Å²) in [6.45, 7) is 4.32. The molecule has 1 heterocycles. The van der Waals surface area contributed by atoms with Gasteiger partial charge < -0.3 is 10.1 Å². The van der Waals surface area contributed by atoms with Crippen molar-refractivity contribution in [2.45, 2.75) is 19.3 Å². The van der Waals surface area contributed by atoms with Gasteiger partial charge in [-0.05, 0) is 58.9 Å². The van der Waals surface area contributed by atoms with E-state index in [0.717, 1.165) is 23.3 Å². The highest BCUT2D eigenvalue weighted by Gasteiger charge is 2.18. The Labute approximate surface area is 99.1 Å². The molecular formula is C12H16BrNO. The van der Waals surface area contributed by atoms with Gasteiger partial charge >= 0.3 is 0 Å². The molecule has 1 aliphatic heterocycles. The number of methoxy groups -OCH3 is 1. The van der Waals surface area contributed by atoms with Gasteiger partial charge in [0.2, 0.25) is 0 Å². The minimum Gasteiger partial charge on any atom is -0.496 e. The zero-order chi connectivity index (χ0) is 10.8. The summed E-state index contributed by atoms with van der Waals surface area (Å²) in [4.78, 5) is 0. The summed E-state index contributed by atoms with van der Waals surface area (Å²) in [5, 5.41) is 3.39.